The molecule has 1 aromatic carbocycles. The van der Waals surface area contributed by atoms with Crippen molar-refractivity contribution in [2.24, 2.45) is 11.7 Å². The number of rotatable bonds is 5. The van der Waals surface area contributed by atoms with E-state index < -0.39 is 5.41 Å². The smallest absolute Gasteiger partial charge is 0.233 e. The maximum Gasteiger partial charge on any atom is 0.233 e. The maximum atomic E-state index is 13.5. The number of carbonyl (C=O) groups excluding carboxylic acids is 1. The molecule has 0 spiro atoms. The van der Waals surface area contributed by atoms with Crippen LogP contribution in [0.2, 0.25) is 0 Å². The van der Waals surface area contributed by atoms with Crippen LogP contribution in [-0.2, 0) is 10.2 Å². The number of amides is 1. The van der Waals surface area contributed by atoms with Crippen molar-refractivity contribution >= 4 is 5.91 Å². The molecular formula is C19H30N2O. The number of nitrogens with zero attached hydrogens (tertiary/aromatic N) is 1. The lowest BCUT2D eigenvalue weighted by Gasteiger charge is -2.31. The van der Waals surface area contributed by atoms with Gasteiger partial charge in [-0.2, -0.15) is 0 Å². The van der Waals surface area contributed by atoms with Gasteiger partial charge in [-0.05, 0) is 70.6 Å². The van der Waals surface area contributed by atoms with Crippen molar-refractivity contribution in [3.8, 4) is 0 Å². The number of carbonyl (C=O) groups is 1. The molecule has 122 valence electrons. The minimum absolute atomic E-state index is 0.00408. The fourth-order valence-electron chi connectivity index (χ4n) is 3.35. The molecule has 0 bridgehead atoms. The highest BCUT2D eigenvalue weighted by Crippen LogP contribution is 2.57. The fraction of sp³-hybridized carbons (Fsp3) is 0.632. The van der Waals surface area contributed by atoms with E-state index >= 15 is 0 Å². The lowest BCUT2D eigenvalue weighted by molar-refractivity contribution is -0.136. The van der Waals surface area contributed by atoms with Gasteiger partial charge in [0.05, 0.1) is 9.53 Å². The largest absolute Gasteiger partial charge is 0.340 e. The van der Waals surface area contributed by atoms with E-state index in [-0.39, 0.29) is 42.0 Å². The number of benzene rings is 1. The number of hydrogen-bond donors (Lipinski definition) is 1. The SMILES string of the molecule is [2H]c1c([2H])c([C@@]2(C(=O)N(CC)C(C)C)C[C@@H]2C(C)N)c([2H])c(C)c1C. The Morgan fingerprint density at radius 1 is 1.41 bits per heavy atom. The highest BCUT2D eigenvalue weighted by molar-refractivity contribution is 5.92. The molecule has 2 N–H and O–H groups in total. The number of nitrogens with two attached hydrogens (primary N) is 1. The molecule has 1 aromatic rings. The summed E-state index contributed by atoms with van der Waals surface area (Å²) in [5.74, 6) is -0.153. The van der Waals surface area contributed by atoms with Gasteiger partial charge in [-0.25, -0.2) is 0 Å². The Bertz CT molecular complexity index is 673. The summed E-state index contributed by atoms with van der Waals surface area (Å²) in [7, 11) is 0. The van der Waals surface area contributed by atoms with Crippen LogP contribution in [0.25, 0.3) is 0 Å². The average Bonchev–Trinajstić information content (AvgIpc) is 3.28. The van der Waals surface area contributed by atoms with Crippen LogP contribution in [0.4, 0.5) is 0 Å². The first kappa shape index (κ1) is 13.1. The molecule has 1 saturated carbocycles. The minimum Gasteiger partial charge on any atom is -0.340 e. The van der Waals surface area contributed by atoms with Crippen LogP contribution in [0, 0.1) is 19.8 Å². The summed E-state index contributed by atoms with van der Waals surface area (Å²) in [6.45, 7) is 11.9. The minimum atomic E-state index is -0.934. The van der Waals surface area contributed by atoms with E-state index in [0.717, 1.165) is 0 Å². The standard InChI is InChI=1S/C19H30N2O/c1-7-21(12(2)3)18(22)19(11-17(19)15(6)20)16-9-8-13(4)14(5)10-16/h8-10,12,15,17H,7,11,20H2,1-6H3/t15?,17-,19+/m1/s1/i8D,9D,10D. The summed E-state index contributed by atoms with van der Waals surface area (Å²) < 4.78 is 25.3. The van der Waals surface area contributed by atoms with Gasteiger partial charge in [0.15, 0.2) is 0 Å². The van der Waals surface area contributed by atoms with Crippen LogP contribution in [0.1, 0.15) is 54.9 Å². The van der Waals surface area contributed by atoms with Crippen molar-refractivity contribution in [1.29, 1.82) is 0 Å². The third-order valence-electron chi connectivity index (χ3n) is 4.95. The Labute approximate surface area is 139 Å². The van der Waals surface area contributed by atoms with Crippen LogP contribution in [0.3, 0.4) is 0 Å². The van der Waals surface area contributed by atoms with E-state index in [1.54, 1.807) is 18.7 Å². The zero-order valence-corrected chi connectivity index (χ0v) is 14.6. The highest BCUT2D eigenvalue weighted by Gasteiger charge is 2.63. The first-order valence-corrected chi connectivity index (χ1v) is 8.16. The molecule has 1 unspecified atom stereocenters. The van der Waals surface area contributed by atoms with Gasteiger partial charge in [0.25, 0.3) is 0 Å². The second-order valence-electron chi connectivity index (χ2n) is 6.83. The normalized spacial score (nSPS) is 27.1. The van der Waals surface area contributed by atoms with Crippen molar-refractivity contribution in [3.63, 3.8) is 0 Å². The molecule has 1 aliphatic rings. The van der Waals surface area contributed by atoms with E-state index in [1.807, 2.05) is 27.7 Å². The van der Waals surface area contributed by atoms with Gasteiger partial charge in [0.2, 0.25) is 5.91 Å². The van der Waals surface area contributed by atoms with Crippen LogP contribution in [-0.4, -0.2) is 29.4 Å². The maximum absolute atomic E-state index is 13.5. The van der Waals surface area contributed by atoms with E-state index in [4.69, 9.17) is 9.85 Å². The Balaban J connectivity index is 2.72. The number of likely N-dealkylation sites (N-methyl/N-ethyl adjacent to an activating group) is 1. The average molecular weight is 305 g/mol. The summed E-state index contributed by atoms with van der Waals surface area (Å²) in [6, 6.07) is 0.163. The summed E-state index contributed by atoms with van der Waals surface area (Å²) in [6.07, 6.45) is 0.548. The van der Waals surface area contributed by atoms with Gasteiger partial charge in [-0.15, -0.1) is 0 Å². The van der Waals surface area contributed by atoms with Crippen LogP contribution >= 0.6 is 0 Å². The molecule has 0 aliphatic heterocycles. The predicted molar refractivity (Wildman–Crippen MR) is 91.9 cm³/mol. The zero-order valence-electron chi connectivity index (χ0n) is 17.6. The lowest BCUT2D eigenvalue weighted by Crippen LogP contribution is -2.45. The van der Waals surface area contributed by atoms with Crippen molar-refractivity contribution in [1.82, 2.24) is 4.90 Å². The van der Waals surface area contributed by atoms with Crippen molar-refractivity contribution in [3.05, 3.63) is 34.8 Å². The van der Waals surface area contributed by atoms with E-state index in [0.29, 0.717) is 29.7 Å². The van der Waals surface area contributed by atoms with Crippen molar-refractivity contribution in [2.45, 2.75) is 65.5 Å². The third kappa shape index (κ3) is 2.67. The molecule has 3 heteroatoms. The topological polar surface area (TPSA) is 46.3 Å². The van der Waals surface area contributed by atoms with Crippen LogP contribution in [0.5, 0.6) is 0 Å². The monoisotopic (exact) mass is 305 g/mol. The molecule has 3 nitrogen and oxygen atoms in total. The molecule has 3 atom stereocenters. The molecular weight excluding hydrogens is 272 g/mol. The molecule has 1 aliphatic carbocycles. The molecule has 0 aromatic heterocycles. The van der Waals surface area contributed by atoms with Crippen LogP contribution < -0.4 is 5.73 Å². The van der Waals surface area contributed by atoms with Gasteiger partial charge in [0, 0.05) is 18.6 Å². The quantitative estimate of drug-likeness (QED) is 0.908. The molecule has 0 radical (unpaired) electrons. The second kappa shape index (κ2) is 6.04. The van der Waals surface area contributed by atoms with Gasteiger partial charge < -0.3 is 10.6 Å². The summed E-state index contributed by atoms with van der Waals surface area (Å²) >= 11 is 0. The summed E-state index contributed by atoms with van der Waals surface area (Å²) in [4.78, 5) is 15.3. The molecule has 1 amide bonds. The first-order chi connectivity index (χ1) is 11.5. The van der Waals surface area contributed by atoms with Gasteiger partial charge in [-0.3, -0.25) is 4.79 Å². The molecule has 0 heterocycles. The van der Waals surface area contributed by atoms with Gasteiger partial charge in [0.1, 0.15) is 0 Å². The Kier molecular flexibility index (Phi) is 3.60. The Morgan fingerprint density at radius 3 is 2.50 bits per heavy atom. The summed E-state index contributed by atoms with van der Waals surface area (Å²) in [5, 5.41) is 0. The van der Waals surface area contributed by atoms with Crippen LogP contribution in [0.15, 0.2) is 18.1 Å². The van der Waals surface area contributed by atoms with Crippen molar-refractivity contribution < 1.29 is 8.91 Å². The molecule has 0 saturated heterocycles. The Hall–Kier alpha value is -1.35. The highest BCUT2D eigenvalue weighted by atomic mass is 16.2. The fourth-order valence-corrected chi connectivity index (χ4v) is 3.35. The van der Waals surface area contributed by atoms with Gasteiger partial charge in [-0.1, -0.05) is 18.1 Å². The van der Waals surface area contributed by atoms with E-state index in [9.17, 15) is 4.79 Å². The van der Waals surface area contributed by atoms with Crippen molar-refractivity contribution in [2.75, 3.05) is 6.54 Å². The lowest BCUT2D eigenvalue weighted by atomic mass is 9.87. The molecule has 1 fully saturated rings. The van der Waals surface area contributed by atoms with Gasteiger partial charge >= 0.3 is 0 Å². The zero-order chi connectivity index (χ0) is 19.3. The molecule has 22 heavy (non-hydrogen) atoms. The third-order valence-corrected chi connectivity index (χ3v) is 4.95. The Morgan fingerprint density at radius 2 is 2.05 bits per heavy atom. The first-order valence-electron chi connectivity index (χ1n) is 9.66. The predicted octanol–water partition coefficient (Wildman–Crippen LogP) is 3.17. The van der Waals surface area contributed by atoms with E-state index in [1.165, 1.54) is 0 Å². The number of hydrogen-bond acceptors (Lipinski definition) is 2. The van der Waals surface area contributed by atoms with E-state index in [2.05, 4.69) is 0 Å². The second-order valence-corrected chi connectivity index (χ2v) is 6.83. The molecule has 2 rings (SSSR count). The summed E-state index contributed by atoms with van der Waals surface area (Å²) in [5.41, 5.74) is 6.90.